The number of nitrogens with one attached hydrogen (secondary N) is 1. The Hall–Kier alpha value is -1.10. The summed E-state index contributed by atoms with van der Waals surface area (Å²) in [5.74, 6) is -0.388. The SMILES string of the molecule is CC[C@H]1OC[C@H](NC(C)=O)[C@@H](OC(C)=O)[C@H]1C. The van der Waals surface area contributed by atoms with Crippen molar-refractivity contribution in [2.24, 2.45) is 5.92 Å². The highest BCUT2D eigenvalue weighted by Gasteiger charge is 2.39. The van der Waals surface area contributed by atoms with Gasteiger partial charge in [-0.1, -0.05) is 13.8 Å². The molecule has 4 atom stereocenters. The van der Waals surface area contributed by atoms with Gasteiger partial charge in [-0.3, -0.25) is 9.59 Å². The van der Waals surface area contributed by atoms with E-state index in [9.17, 15) is 9.59 Å². The molecule has 0 saturated carbocycles. The zero-order chi connectivity index (χ0) is 13.0. The molecule has 17 heavy (non-hydrogen) atoms. The van der Waals surface area contributed by atoms with Crippen molar-refractivity contribution < 1.29 is 19.1 Å². The second-order valence-electron chi connectivity index (χ2n) is 4.52. The molecule has 5 nitrogen and oxygen atoms in total. The molecule has 1 rings (SSSR count). The largest absolute Gasteiger partial charge is 0.460 e. The molecule has 1 amide bonds. The first-order valence-corrected chi connectivity index (χ1v) is 6.01. The lowest BCUT2D eigenvalue weighted by atomic mass is 9.88. The smallest absolute Gasteiger partial charge is 0.302 e. The highest BCUT2D eigenvalue weighted by molar-refractivity contribution is 5.73. The molecule has 0 spiro atoms. The fraction of sp³-hybridized carbons (Fsp3) is 0.833. The summed E-state index contributed by atoms with van der Waals surface area (Å²) < 4.78 is 11.0. The van der Waals surface area contributed by atoms with E-state index < -0.39 is 0 Å². The summed E-state index contributed by atoms with van der Waals surface area (Å²) in [5.41, 5.74) is 0. The van der Waals surface area contributed by atoms with Crippen LogP contribution in [-0.2, 0) is 19.1 Å². The van der Waals surface area contributed by atoms with Crippen molar-refractivity contribution in [1.82, 2.24) is 5.32 Å². The Labute approximate surface area is 102 Å². The first-order valence-electron chi connectivity index (χ1n) is 6.01. The van der Waals surface area contributed by atoms with Crippen LogP contribution in [0.1, 0.15) is 34.1 Å². The molecular weight excluding hydrogens is 222 g/mol. The zero-order valence-corrected chi connectivity index (χ0v) is 10.9. The maximum Gasteiger partial charge on any atom is 0.302 e. The van der Waals surface area contributed by atoms with E-state index in [0.717, 1.165) is 6.42 Å². The van der Waals surface area contributed by atoms with Crippen LogP contribution in [-0.4, -0.2) is 36.7 Å². The average Bonchev–Trinajstić information content (AvgIpc) is 2.22. The molecule has 0 aromatic rings. The molecule has 0 unspecified atom stereocenters. The second kappa shape index (κ2) is 6.00. The van der Waals surface area contributed by atoms with E-state index in [1.807, 2.05) is 13.8 Å². The average molecular weight is 243 g/mol. The minimum Gasteiger partial charge on any atom is -0.460 e. The summed E-state index contributed by atoms with van der Waals surface area (Å²) in [6.07, 6.45) is 0.630. The second-order valence-corrected chi connectivity index (χ2v) is 4.52. The Morgan fingerprint density at radius 2 is 2.06 bits per heavy atom. The van der Waals surface area contributed by atoms with Crippen LogP contribution < -0.4 is 5.32 Å². The molecule has 1 saturated heterocycles. The Kier molecular flexibility index (Phi) is 4.93. The standard InChI is InChI=1S/C12H21NO4/c1-5-11-7(2)12(17-9(4)15)10(6-16-11)13-8(3)14/h7,10-12H,5-6H2,1-4H3,(H,13,14)/t7-,10-,11+,12-/m0/s1. The summed E-state index contributed by atoms with van der Waals surface area (Å²) in [7, 11) is 0. The summed E-state index contributed by atoms with van der Waals surface area (Å²) in [6, 6.07) is -0.255. The molecule has 0 aliphatic carbocycles. The monoisotopic (exact) mass is 243 g/mol. The maximum atomic E-state index is 11.1. The van der Waals surface area contributed by atoms with E-state index in [1.165, 1.54) is 13.8 Å². The molecule has 1 N–H and O–H groups in total. The Balaban J connectivity index is 2.75. The van der Waals surface area contributed by atoms with Crippen LogP contribution in [0, 0.1) is 5.92 Å². The van der Waals surface area contributed by atoms with E-state index in [2.05, 4.69) is 5.32 Å². The van der Waals surface area contributed by atoms with Gasteiger partial charge in [0.25, 0.3) is 0 Å². The van der Waals surface area contributed by atoms with Crippen molar-refractivity contribution in [3.05, 3.63) is 0 Å². The molecule has 98 valence electrons. The number of rotatable bonds is 3. The molecule has 0 bridgehead atoms. The lowest BCUT2D eigenvalue weighted by Gasteiger charge is -2.40. The van der Waals surface area contributed by atoms with Crippen LogP contribution in [0.25, 0.3) is 0 Å². The summed E-state index contributed by atoms with van der Waals surface area (Å²) in [6.45, 7) is 7.23. The molecule has 1 fully saturated rings. The number of carbonyl (C=O) groups excluding carboxylic acids is 2. The van der Waals surface area contributed by atoms with Gasteiger partial charge in [-0.2, -0.15) is 0 Å². The number of hydrogen-bond acceptors (Lipinski definition) is 4. The minimum atomic E-state index is -0.325. The van der Waals surface area contributed by atoms with Gasteiger partial charge in [-0.05, 0) is 6.42 Å². The van der Waals surface area contributed by atoms with Crippen molar-refractivity contribution in [2.45, 2.75) is 52.4 Å². The third-order valence-corrected chi connectivity index (χ3v) is 3.08. The predicted octanol–water partition coefficient (Wildman–Crippen LogP) is 0.868. The highest BCUT2D eigenvalue weighted by atomic mass is 16.6. The summed E-state index contributed by atoms with van der Waals surface area (Å²) >= 11 is 0. The van der Waals surface area contributed by atoms with Crippen molar-refractivity contribution in [3.63, 3.8) is 0 Å². The first kappa shape index (κ1) is 14.0. The quantitative estimate of drug-likeness (QED) is 0.747. The maximum absolute atomic E-state index is 11.1. The normalized spacial score (nSPS) is 32.9. The molecule has 1 heterocycles. The molecule has 0 aromatic carbocycles. The van der Waals surface area contributed by atoms with Gasteiger partial charge in [0, 0.05) is 19.8 Å². The van der Waals surface area contributed by atoms with Crippen LogP contribution >= 0.6 is 0 Å². The third-order valence-electron chi connectivity index (χ3n) is 3.08. The Morgan fingerprint density at radius 1 is 1.41 bits per heavy atom. The van der Waals surface area contributed by atoms with Gasteiger partial charge in [-0.15, -0.1) is 0 Å². The molecule has 5 heteroatoms. The van der Waals surface area contributed by atoms with Crippen molar-refractivity contribution in [3.8, 4) is 0 Å². The van der Waals surface area contributed by atoms with Gasteiger partial charge in [0.2, 0.25) is 5.91 Å². The van der Waals surface area contributed by atoms with E-state index in [4.69, 9.17) is 9.47 Å². The molecule has 0 radical (unpaired) electrons. The van der Waals surface area contributed by atoms with Crippen molar-refractivity contribution in [2.75, 3.05) is 6.61 Å². The Bertz CT molecular complexity index is 292. The third kappa shape index (κ3) is 3.70. The molecule has 1 aliphatic heterocycles. The van der Waals surface area contributed by atoms with Crippen LogP contribution in [0.3, 0.4) is 0 Å². The van der Waals surface area contributed by atoms with Gasteiger partial charge in [-0.25, -0.2) is 0 Å². The fourth-order valence-corrected chi connectivity index (χ4v) is 2.31. The van der Waals surface area contributed by atoms with Gasteiger partial charge in [0.05, 0.1) is 18.8 Å². The number of amides is 1. The predicted molar refractivity (Wildman–Crippen MR) is 62.4 cm³/mol. The van der Waals surface area contributed by atoms with E-state index >= 15 is 0 Å². The van der Waals surface area contributed by atoms with Crippen molar-refractivity contribution >= 4 is 11.9 Å². The van der Waals surface area contributed by atoms with Crippen LogP contribution in [0.2, 0.25) is 0 Å². The minimum absolute atomic E-state index is 0.0735. The lowest BCUT2D eigenvalue weighted by Crippen LogP contribution is -2.56. The molecular formula is C12H21NO4. The van der Waals surface area contributed by atoms with Gasteiger partial charge >= 0.3 is 5.97 Å². The van der Waals surface area contributed by atoms with Crippen LogP contribution in [0.5, 0.6) is 0 Å². The number of carbonyl (C=O) groups is 2. The fourth-order valence-electron chi connectivity index (χ4n) is 2.31. The van der Waals surface area contributed by atoms with Crippen molar-refractivity contribution in [1.29, 1.82) is 0 Å². The van der Waals surface area contributed by atoms with E-state index in [-0.39, 0.29) is 36.0 Å². The van der Waals surface area contributed by atoms with Crippen LogP contribution in [0.15, 0.2) is 0 Å². The van der Waals surface area contributed by atoms with E-state index in [1.54, 1.807) is 0 Å². The lowest BCUT2D eigenvalue weighted by molar-refractivity contribution is -0.168. The van der Waals surface area contributed by atoms with Gasteiger partial charge in [0.1, 0.15) is 6.10 Å². The van der Waals surface area contributed by atoms with E-state index in [0.29, 0.717) is 6.61 Å². The van der Waals surface area contributed by atoms with Crippen LogP contribution in [0.4, 0.5) is 0 Å². The molecule has 1 aliphatic rings. The zero-order valence-electron chi connectivity index (χ0n) is 10.9. The summed E-state index contributed by atoms with van der Waals surface area (Å²) in [5, 5.41) is 2.77. The first-order chi connectivity index (χ1) is 7.95. The number of hydrogen-bond donors (Lipinski definition) is 1. The topological polar surface area (TPSA) is 64.6 Å². The molecule has 0 aromatic heterocycles. The number of ether oxygens (including phenoxy) is 2. The van der Waals surface area contributed by atoms with Gasteiger partial charge < -0.3 is 14.8 Å². The Morgan fingerprint density at radius 3 is 2.53 bits per heavy atom. The summed E-state index contributed by atoms with van der Waals surface area (Å²) in [4.78, 5) is 22.2. The van der Waals surface area contributed by atoms with Gasteiger partial charge in [0.15, 0.2) is 0 Å². The highest BCUT2D eigenvalue weighted by Crippen LogP contribution is 2.26. The number of esters is 1.